The molecule has 0 radical (unpaired) electrons. The summed E-state index contributed by atoms with van der Waals surface area (Å²) in [4.78, 5) is 1.23. The maximum atomic E-state index is 8.90. The summed E-state index contributed by atoms with van der Waals surface area (Å²) in [5, 5.41) is 11.0. The quantitative estimate of drug-likeness (QED) is 0.687. The molecular weight excluding hydrogens is 182 g/mol. The van der Waals surface area contributed by atoms with Gasteiger partial charge >= 0.3 is 0 Å². The van der Waals surface area contributed by atoms with Gasteiger partial charge in [0.05, 0.1) is 12.0 Å². The highest BCUT2D eigenvalue weighted by Crippen LogP contribution is 2.38. The van der Waals surface area contributed by atoms with Gasteiger partial charge in [0.1, 0.15) is 6.10 Å². The highest BCUT2D eigenvalue weighted by Gasteiger charge is 2.31. The molecule has 0 saturated carbocycles. The van der Waals surface area contributed by atoms with Crippen molar-refractivity contribution < 1.29 is 4.74 Å². The molecule has 1 aliphatic heterocycles. The molecule has 0 amide bonds. The Morgan fingerprint density at radius 2 is 2.54 bits per heavy atom. The Morgan fingerprint density at radius 3 is 3.15 bits per heavy atom. The van der Waals surface area contributed by atoms with Crippen molar-refractivity contribution in [3.63, 3.8) is 0 Å². The van der Waals surface area contributed by atoms with Gasteiger partial charge < -0.3 is 4.74 Å². The van der Waals surface area contributed by atoms with Crippen LogP contribution in [0.25, 0.3) is 0 Å². The van der Waals surface area contributed by atoms with Crippen LogP contribution in [-0.4, -0.2) is 6.61 Å². The van der Waals surface area contributed by atoms with E-state index in [0.29, 0.717) is 0 Å². The zero-order valence-electron chi connectivity index (χ0n) is 7.49. The summed E-state index contributed by atoms with van der Waals surface area (Å²) < 4.78 is 5.57. The van der Waals surface area contributed by atoms with Crippen LogP contribution in [0.5, 0.6) is 0 Å². The zero-order chi connectivity index (χ0) is 9.26. The van der Waals surface area contributed by atoms with Gasteiger partial charge in [-0.25, -0.2) is 0 Å². The highest BCUT2D eigenvalue weighted by molar-refractivity contribution is 7.10. The maximum absolute atomic E-state index is 8.90. The van der Waals surface area contributed by atoms with Gasteiger partial charge in [-0.2, -0.15) is 5.26 Å². The molecule has 0 N–H and O–H groups in total. The first-order valence-electron chi connectivity index (χ1n) is 4.38. The molecule has 2 nitrogen and oxygen atoms in total. The Hall–Kier alpha value is -0.850. The molecule has 0 aromatic carbocycles. The zero-order valence-corrected chi connectivity index (χ0v) is 8.30. The van der Waals surface area contributed by atoms with E-state index in [1.165, 1.54) is 10.4 Å². The molecule has 0 bridgehead atoms. The molecule has 1 aromatic heterocycles. The molecule has 1 aliphatic rings. The van der Waals surface area contributed by atoms with E-state index in [-0.39, 0.29) is 12.0 Å². The summed E-state index contributed by atoms with van der Waals surface area (Å²) in [5.74, 6) is 0.0531. The van der Waals surface area contributed by atoms with Gasteiger partial charge in [0.25, 0.3) is 0 Å². The van der Waals surface area contributed by atoms with E-state index in [4.69, 9.17) is 10.00 Å². The van der Waals surface area contributed by atoms with Crippen LogP contribution in [-0.2, 0) is 4.74 Å². The SMILES string of the molecule is Cc1ccsc1C1OCCC1C#N. The van der Waals surface area contributed by atoms with Gasteiger partial charge in [-0.15, -0.1) is 11.3 Å². The second-order valence-electron chi connectivity index (χ2n) is 3.28. The first-order valence-corrected chi connectivity index (χ1v) is 5.26. The summed E-state index contributed by atoms with van der Waals surface area (Å²) in [6.07, 6.45) is 0.906. The summed E-state index contributed by atoms with van der Waals surface area (Å²) in [7, 11) is 0. The molecule has 2 unspecified atom stereocenters. The number of thiophene rings is 1. The first kappa shape index (κ1) is 8.74. The molecule has 1 fully saturated rings. The van der Waals surface area contributed by atoms with Crippen molar-refractivity contribution in [2.45, 2.75) is 19.4 Å². The number of nitrogens with zero attached hydrogens (tertiary/aromatic N) is 1. The fraction of sp³-hybridized carbons (Fsp3) is 0.500. The first-order chi connectivity index (χ1) is 6.33. The van der Waals surface area contributed by atoms with Gasteiger partial charge in [0.15, 0.2) is 0 Å². The van der Waals surface area contributed by atoms with Crippen LogP contribution >= 0.6 is 11.3 Å². The predicted octanol–water partition coefficient (Wildman–Crippen LogP) is 2.66. The minimum Gasteiger partial charge on any atom is -0.371 e. The fourth-order valence-electron chi connectivity index (χ4n) is 1.66. The fourth-order valence-corrected chi connectivity index (χ4v) is 2.70. The van der Waals surface area contributed by atoms with E-state index in [0.717, 1.165) is 13.0 Å². The average molecular weight is 193 g/mol. The second-order valence-corrected chi connectivity index (χ2v) is 4.23. The molecular formula is C10H11NOS. The van der Waals surface area contributed by atoms with Crippen molar-refractivity contribution >= 4 is 11.3 Å². The molecule has 1 saturated heterocycles. The lowest BCUT2D eigenvalue weighted by Gasteiger charge is -2.11. The number of nitriles is 1. The highest BCUT2D eigenvalue weighted by atomic mass is 32.1. The topological polar surface area (TPSA) is 33.0 Å². The van der Waals surface area contributed by atoms with Crippen molar-refractivity contribution in [3.8, 4) is 6.07 Å². The molecule has 0 spiro atoms. The van der Waals surface area contributed by atoms with Crippen LogP contribution < -0.4 is 0 Å². The summed E-state index contributed by atoms with van der Waals surface area (Å²) in [6, 6.07) is 4.39. The number of hydrogen-bond donors (Lipinski definition) is 0. The summed E-state index contributed by atoms with van der Waals surface area (Å²) in [5.41, 5.74) is 1.25. The second kappa shape index (κ2) is 3.49. The molecule has 0 aliphatic carbocycles. The van der Waals surface area contributed by atoms with E-state index in [9.17, 15) is 0 Å². The van der Waals surface area contributed by atoms with Crippen molar-refractivity contribution in [1.29, 1.82) is 5.26 Å². The largest absolute Gasteiger partial charge is 0.371 e. The molecule has 3 heteroatoms. The lowest BCUT2D eigenvalue weighted by molar-refractivity contribution is 0.103. The van der Waals surface area contributed by atoms with Crippen molar-refractivity contribution in [2.24, 2.45) is 5.92 Å². The minimum atomic E-state index is 0.0324. The predicted molar refractivity (Wildman–Crippen MR) is 51.5 cm³/mol. The molecule has 2 rings (SSSR count). The third kappa shape index (κ3) is 1.48. The van der Waals surface area contributed by atoms with Gasteiger partial charge in [-0.1, -0.05) is 0 Å². The Balaban J connectivity index is 2.27. The van der Waals surface area contributed by atoms with Crippen LogP contribution in [0.15, 0.2) is 11.4 Å². The van der Waals surface area contributed by atoms with Gasteiger partial charge in [0, 0.05) is 11.5 Å². The average Bonchev–Trinajstić information content (AvgIpc) is 2.71. The van der Waals surface area contributed by atoms with Crippen LogP contribution in [0, 0.1) is 24.2 Å². The smallest absolute Gasteiger partial charge is 0.108 e. The van der Waals surface area contributed by atoms with Gasteiger partial charge in [-0.05, 0) is 30.4 Å². The Kier molecular flexibility index (Phi) is 2.34. The van der Waals surface area contributed by atoms with Crippen LogP contribution in [0.2, 0.25) is 0 Å². The lowest BCUT2D eigenvalue weighted by atomic mass is 10.0. The summed E-state index contributed by atoms with van der Waals surface area (Å²) in [6.45, 7) is 2.79. The number of hydrogen-bond acceptors (Lipinski definition) is 3. The summed E-state index contributed by atoms with van der Waals surface area (Å²) >= 11 is 1.69. The van der Waals surface area contributed by atoms with Crippen LogP contribution in [0.4, 0.5) is 0 Å². The normalized spacial score (nSPS) is 27.4. The monoisotopic (exact) mass is 193 g/mol. The Labute approximate surface area is 81.8 Å². The third-order valence-corrected chi connectivity index (χ3v) is 3.50. The van der Waals surface area contributed by atoms with E-state index in [1.807, 2.05) is 0 Å². The number of aryl methyl sites for hydroxylation is 1. The lowest BCUT2D eigenvalue weighted by Crippen LogP contribution is -2.04. The van der Waals surface area contributed by atoms with Crippen molar-refractivity contribution in [3.05, 3.63) is 21.9 Å². The molecule has 1 aromatic rings. The standard InChI is InChI=1S/C10H11NOS/c1-7-3-5-13-10(7)9-8(6-11)2-4-12-9/h3,5,8-9H,2,4H2,1H3. The Bertz CT molecular complexity index is 339. The van der Waals surface area contributed by atoms with E-state index >= 15 is 0 Å². The Morgan fingerprint density at radius 1 is 1.69 bits per heavy atom. The van der Waals surface area contributed by atoms with E-state index in [1.54, 1.807) is 11.3 Å². The molecule has 13 heavy (non-hydrogen) atoms. The maximum Gasteiger partial charge on any atom is 0.108 e. The van der Waals surface area contributed by atoms with Crippen LogP contribution in [0.1, 0.15) is 23.0 Å². The minimum absolute atomic E-state index is 0.0324. The number of rotatable bonds is 1. The van der Waals surface area contributed by atoms with Crippen molar-refractivity contribution in [1.82, 2.24) is 0 Å². The third-order valence-electron chi connectivity index (χ3n) is 2.42. The van der Waals surface area contributed by atoms with E-state index in [2.05, 4.69) is 24.4 Å². The van der Waals surface area contributed by atoms with Gasteiger partial charge in [-0.3, -0.25) is 0 Å². The van der Waals surface area contributed by atoms with Crippen molar-refractivity contribution in [2.75, 3.05) is 6.61 Å². The van der Waals surface area contributed by atoms with Gasteiger partial charge in [0.2, 0.25) is 0 Å². The van der Waals surface area contributed by atoms with Crippen LogP contribution in [0.3, 0.4) is 0 Å². The number of ether oxygens (including phenoxy) is 1. The molecule has 2 heterocycles. The van der Waals surface area contributed by atoms with E-state index < -0.39 is 0 Å². The molecule has 2 atom stereocenters. The molecule has 68 valence electrons.